The molecule has 2 aromatic rings. The fraction of sp³-hybridized carbons (Fsp3) is 0.250. The number of sulfonamides is 1. The third-order valence-electron chi connectivity index (χ3n) is 6.03. The van der Waals surface area contributed by atoms with Crippen LogP contribution in [0.1, 0.15) is 29.5 Å². The lowest BCUT2D eigenvalue weighted by Crippen LogP contribution is -2.32. The molecule has 5 nitrogen and oxygen atoms in total. The Morgan fingerprint density at radius 3 is 2.53 bits per heavy atom. The van der Waals surface area contributed by atoms with Crippen LogP contribution in [-0.2, 0) is 10.0 Å². The highest BCUT2D eigenvalue weighted by molar-refractivity contribution is 7.89. The maximum absolute atomic E-state index is 13.2. The van der Waals surface area contributed by atoms with Crippen molar-refractivity contribution in [1.82, 2.24) is 4.31 Å². The Morgan fingerprint density at radius 1 is 1.12 bits per heavy atom. The molecule has 4 rings (SSSR count). The lowest BCUT2D eigenvalue weighted by Gasteiger charge is -2.38. The lowest BCUT2D eigenvalue weighted by atomic mass is 9.77. The molecule has 8 heteroatoms. The van der Waals surface area contributed by atoms with Crippen LogP contribution in [-0.4, -0.2) is 30.9 Å². The summed E-state index contributed by atoms with van der Waals surface area (Å²) < 4.78 is 27.8. The van der Waals surface area contributed by atoms with Crippen molar-refractivity contribution < 1.29 is 13.5 Å². The van der Waals surface area contributed by atoms with Crippen LogP contribution in [0.4, 0.5) is 5.69 Å². The van der Waals surface area contributed by atoms with Gasteiger partial charge in [0.2, 0.25) is 10.0 Å². The number of phenolic OH excluding ortho intramolecular Hbond substituents is 1. The van der Waals surface area contributed by atoms with Crippen molar-refractivity contribution in [2.45, 2.75) is 23.3 Å². The van der Waals surface area contributed by atoms with Crippen LogP contribution in [0, 0.1) is 5.92 Å². The molecule has 2 aliphatic rings. The van der Waals surface area contributed by atoms with Gasteiger partial charge in [0.05, 0.1) is 16.0 Å². The first-order valence-electron chi connectivity index (χ1n) is 10.2. The monoisotopic (exact) mass is 490 g/mol. The minimum atomic E-state index is -3.71. The van der Waals surface area contributed by atoms with E-state index in [1.54, 1.807) is 36.4 Å². The highest BCUT2D eigenvalue weighted by Gasteiger charge is 2.40. The molecule has 0 aromatic heterocycles. The van der Waals surface area contributed by atoms with Crippen LogP contribution >= 0.6 is 23.2 Å². The van der Waals surface area contributed by atoms with Crippen molar-refractivity contribution in [2.75, 3.05) is 18.4 Å². The molecule has 0 spiro atoms. The number of fused-ring (bicyclic) bond motifs is 3. The molecule has 0 saturated heterocycles. The molecule has 0 radical (unpaired) electrons. The van der Waals surface area contributed by atoms with Gasteiger partial charge in [0.15, 0.2) is 0 Å². The van der Waals surface area contributed by atoms with E-state index in [4.69, 9.17) is 23.2 Å². The summed E-state index contributed by atoms with van der Waals surface area (Å²) in [5, 5.41) is 14.7. The number of hydrogen-bond acceptors (Lipinski definition) is 4. The molecule has 1 aliphatic carbocycles. The summed E-state index contributed by atoms with van der Waals surface area (Å²) in [7, 11) is -3.71. The van der Waals surface area contributed by atoms with E-state index in [0.29, 0.717) is 10.6 Å². The first-order chi connectivity index (χ1) is 15.3. The van der Waals surface area contributed by atoms with E-state index in [0.717, 1.165) is 17.7 Å². The number of hydrogen-bond donors (Lipinski definition) is 2. The van der Waals surface area contributed by atoms with Crippen molar-refractivity contribution in [2.24, 2.45) is 5.92 Å². The highest BCUT2D eigenvalue weighted by Crippen LogP contribution is 2.52. The smallest absolute Gasteiger partial charge is 0.243 e. The van der Waals surface area contributed by atoms with E-state index < -0.39 is 10.0 Å². The third kappa shape index (κ3) is 3.97. The van der Waals surface area contributed by atoms with Gasteiger partial charge >= 0.3 is 0 Å². The molecule has 0 fully saturated rings. The lowest BCUT2D eigenvalue weighted by molar-refractivity contribution is 0.402. The van der Waals surface area contributed by atoms with E-state index in [1.807, 2.05) is 0 Å². The van der Waals surface area contributed by atoms with Crippen LogP contribution in [0.15, 0.2) is 72.7 Å². The van der Waals surface area contributed by atoms with Gasteiger partial charge in [-0.25, -0.2) is 8.42 Å². The Kier molecular flexibility index (Phi) is 6.41. The van der Waals surface area contributed by atoms with Crippen LogP contribution in [0.25, 0.3) is 0 Å². The minimum absolute atomic E-state index is 0.00387. The van der Waals surface area contributed by atoms with Crippen LogP contribution in [0.2, 0.25) is 10.0 Å². The highest BCUT2D eigenvalue weighted by atomic mass is 35.5. The fourth-order valence-corrected chi connectivity index (χ4v) is 6.50. The van der Waals surface area contributed by atoms with Crippen molar-refractivity contribution >= 4 is 38.9 Å². The molecule has 2 aromatic carbocycles. The maximum Gasteiger partial charge on any atom is 0.243 e. The van der Waals surface area contributed by atoms with Crippen molar-refractivity contribution in [1.29, 1.82) is 0 Å². The fourth-order valence-electron chi connectivity index (χ4n) is 4.57. The second-order valence-electron chi connectivity index (χ2n) is 7.95. The number of aromatic hydroxyl groups is 1. The molecule has 1 aliphatic heterocycles. The third-order valence-corrected chi connectivity index (χ3v) is 8.36. The van der Waals surface area contributed by atoms with Gasteiger partial charge in [0, 0.05) is 35.3 Å². The average Bonchev–Trinajstić information content (AvgIpc) is 3.25. The van der Waals surface area contributed by atoms with Crippen LogP contribution in [0.3, 0.4) is 0 Å². The summed E-state index contributed by atoms with van der Waals surface area (Å²) in [4.78, 5) is 0.230. The second-order valence-corrected chi connectivity index (χ2v) is 10.7. The van der Waals surface area contributed by atoms with Gasteiger partial charge in [-0.3, -0.25) is 0 Å². The quantitative estimate of drug-likeness (QED) is 0.474. The number of halogens is 2. The molecule has 168 valence electrons. The number of nitrogens with zero attached hydrogens (tertiary/aromatic N) is 1. The summed E-state index contributed by atoms with van der Waals surface area (Å²) in [6.45, 7) is 7.72. The van der Waals surface area contributed by atoms with Gasteiger partial charge in [0.1, 0.15) is 5.75 Å². The largest absolute Gasteiger partial charge is 0.506 e. The van der Waals surface area contributed by atoms with Gasteiger partial charge in [0.25, 0.3) is 0 Å². The molecule has 2 N–H and O–H groups in total. The van der Waals surface area contributed by atoms with Crippen molar-refractivity contribution in [3.05, 3.63) is 89.0 Å². The van der Waals surface area contributed by atoms with Gasteiger partial charge in [-0.15, -0.1) is 13.2 Å². The maximum atomic E-state index is 13.2. The summed E-state index contributed by atoms with van der Waals surface area (Å²) >= 11 is 12.4. The zero-order chi connectivity index (χ0) is 23.0. The zero-order valence-electron chi connectivity index (χ0n) is 17.3. The normalized spacial score (nSPS) is 21.7. The van der Waals surface area contributed by atoms with Gasteiger partial charge in [-0.1, -0.05) is 47.5 Å². The molecular formula is C24H24Cl2N2O3S. The van der Waals surface area contributed by atoms with E-state index in [2.05, 4.69) is 30.6 Å². The zero-order valence-corrected chi connectivity index (χ0v) is 19.7. The van der Waals surface area contributed by atoms with Crippen LogP contribution < -0.4 is 5.32 Å². The summed E-state index contributed by atoms with van der Waals surface area (Å²) in [5.41, 5.74) is 2.36. The topological polar surface area (TPSA) is 69.6 Å². The molecule has 3 unspecified atom stereocenters. The number of allylic oxidation sites excluding steroid dienone is 2. The Labute approximate surface area is 198 Å². The predicted molar refractivity (Wildman–Crippen MR) is 130 cm³/mol. The molecule has 32 heavy (non-hydrogen) atoms. The van der Waals surface area contributed by atoms with E-state index in [-0.39, 0.29) is 46.6 Å². The van der Waals surface area contributed by atoms with Gasteiger partial charge in [-0.05, 0) is 48.2 Å². The SMILES string of the molecule is C=CCN(CC=C)S(=O)(=O)c1ccc2c(c1)C1C=CCC1C(c1cc(Cl)cc(Cl)c1O)N2. The molecule has 0 bridgehead atoms. The van der Waals surface area contributed by atoms with E-state index in [9.17, 15) is 13.5 Å². The Bertz CT molecular complexity index is 1200. The van der Waals surface area contributed by atoms with Gasteiger partial charge < -0.3 is 10.4 Å². The Morgan fingerprint density at radius 2 is 1.84 bits per heavy atom. The number of nitrogens with one attached hydrogen (secondary N) is 1. The number of anilines is 1. The van der Waals surface area contributed by atoms with Crippen LogP contribution in [0.5, 0.6) is 5.75 Å². The summed E-state index contributed by atoms with van der Waals surface area (Å²) in [6.07, 6.45) is 8.09. The standard InChI is InChI=1S/C24H24Cl2N2O3S/c1-3-10-28(11-4-2)32(30,31)16-8-9-22-19(14-16)17-6-5-7-18(17)23(27-22)20-12-15(25)13-21(26)24(20)29/h3-6,8-9,12-14,17-18,23,27,29H,1-2,7,10-11H2. The minimum Gasteiger partial charge on any atom is -0.506 e. The van der Waals surface area contributed by atoms with E-state index in [1.165, 1.54) is 10.4 Å². The number of phenols is 1. The van der Waals surface area contributed by atoms with Crippen molar-refractivity contribution in [3.8, 4) is 5.75 Å². The molecule has 0 saturated carbocycles. The predicted octanol–water partition coefficient (Wildman–Crippen LogP) is 5.89. The second kappa shape index (κ2) is 8.94. The first-order valence-corrected chi connectivity index (χ1v) is 12.4. The summed E-state index contributed by atoms with van der Waals surface area (Å²) in [6, 6.07) is 8.13. The molecular weight excluding hydrogens is 467 g/mol. The van der Waals surface area contributed by atoms with Gasteiger partial charge in [-0.2, -0.15) is 4.31 Å². The molecule has 1 heterocycles. The Hall–Kier alpha value is -2.25. The number of rotatable bonds is 7. The Balaban J connectivity index is 1.76. The molecule has 0 amide bonds. The van der Waals surface area contributed by atoms with Crippen molar-refractivity contribution in [3.63, 3.8) is 0 Å². The number of benzene rings is 2. The first kappa shape index (κ1) is 22.9. The molecule has 3 atom stereocenters. The van der Waals surface area contributed by atoms with E-state index >= 15 is 0 Å². The summed E-state index contributed by atoms with van der Waals surface area (Å²) in [5.74, 6) is 0.0838. The average molecular weight is 491 g/mol.